The number of aliphatic carboxylic acids is 1. The molecule has 0 heterocycles. The van der Waals surface area contributed by atoms with E-state index in [2.05, 4.69) is 46.6 Å². The van der Waals surface area contributed by atoms with Crippen molar-refractivity contribution < 1.29 is 23.5 Å². The first kappa shape index (κ1) is 21.1. The number of carboxylic acid groups (broad SMARTS) is 1. The van der Waals surface area contributed by atoms with E-state index in [1.54, 1.807) is 0 Å². The van der Waals surface area contributed by atoms with Crippen LogP contribution >= 0.6 is 0 Å². The second-order valence-electron chi connectivity index (χ2n) is 7.30. The largest absolute Gasteiger partial charge is 0.478 e. The van der Waals surface area contributed by atoms with Crippen molar-refractivity contribution in [2.45, 2.75) is 58.5 Å². The third-order valence-electron chi connectivity index (χ3n) is 3.30. The SMILES string of the molecule is CC(C)C(CCOC(=O)/C=C/C(=O)O)[Si](C)(C)O[Si](C)(C)C. The third-order valence-corrected chi connectivity index (χ3v) is 10.6. The minimum Gasteiger partial charge on any atom is -0.478 e. The normalized spacial score (nSPS) is 14.4. The molecule has 0 spiro atoms. The van der Waals surface area contributed by atoms with Gasteiger partial charge in [0.25, 0.3) is 0 Å². The molecule has 0 rings (SSSR count). The molecule has 1 N–H and O–H groups in total. The summed E-state index contributed by atoms with van der Waals surface area (Å²) in [6.45, 7) is 15.6. The molecule has 0 aliphatic rings. The average Bonchev–Trinajstić information content (AvgIpc) is 2.27. The van der Waals surface area contributed by atoms with Gasteiger partial charge < -0.3 is 14.0 Å². The molecule has 1 unspecified atom stereocenters. The number of carboxylic acids is 1. The number of esters is 1. The molecule has 0 radical (unpaired) electrons. The lowest BCUT2D eigenvalue weighted by molar-refractivity contribution is -0.138. The summed E-state index contributed by atoms with van der Waals surface area (Å²) in [5, 5.41) is 8.46. The quantitative estimate of drug-likeness (QED) is 0.392. The van der Waals surface area contributed by atoms with Crippen molar-refractivity contribution in [2.24, 2.45) is 5.92 Å². The Morgan fingerprint density at radius 2 is 1.64 bits per heavy atom. The topological polar surface area (TPSA) is 72.8 Å². The summed E-state index contributed by atoms with van der Waals surface area (Å²) in [5.41, 5.74) is 0.385. The summed E-state index contributed by atoms with van der Waals surface area (Å²) in [4.78, 5) is 21.7. The minimum absolute atomic E-state index is 0.289. The van der Waals surface area contributed by atoms with E-state index in [0.717, 1.165) is 18.6 Å². The van der Waals surface area contributed by atoms with Gasteiger partial charge in [0.1, 0.15) is 0 Å². The highest BCUT2D eigenvalue weighted by molar-refractivity contribution is 6.85. The Balaban J connectivity index is 4.61. The van der Waals surface area contributed by atoms with Gasteiger partial charge in [-0.2, -0.15) is 0 Å². The van der Waals surface area contributed by atoms with E-state index < -0.39 is 28.6 Å². The molecule has 0 amide bonds. The molecule has 0 aromatic rings. The monoisotopic (exact) mass is 346 g/mol. The van der Waals surface area contributed by atoms with Gasteiger partial charge in [-0.3, -0.25) is 0 Å². The number of hydrogen-bond donors (Lipinski definition) is 1. The lowest BCUT2D eigenvalue weighted by Crippen LogP contribution is -2.47. The highest BCUT2D eigenvalue weighted by Gasteiger charge is 2.38. The number of carbonyl (C=O) groups is 2. The molecule has 0 aromatic heterocycles. The Kier molecular flexibility index (Phi) is 8.28. The Morgan fingerprint density at radius 1 is 1.09 bits per heavy atom. The number of hydrogen-bond acceptors (Lipinski definition) is 4. The van der Waals surface area contributed by atoms with Crippen molar-refractivity contribution in [2.75, 3.05) is 6.61 Å². The smallest absolute Gasteiger partial charge is 0.331 e. The molecular formula is C15H30O5Si2. The van der Waals surface area contributed by atoms with Crippen LogP contribution in [-0.4, -0.2) is 40.3 Å². The van der Waals surface area contributed by atoms with Crippen LogP contribution in [0.15, 0.2) is 12.2 Å². The molecule has 0 fully saturated rings. The predicted molar refractivity (Wildman–Crippen MR) is 92.9 cm³/mol. The number of rotatable bonds is 9. The second-order valence-corrected chi connectivity index (χ2v) is 16.3. The average molecular weight is 347 g/mol. The molecular weight excluding hydrogens is 316 g/mol. The van der Waals surface area contributed by atoms with Crippen LogP contribution in [0.4, 0.5) is 0 Å². The molecule has 0 aliphatic heterocycles. The summed E-state index contributed by atoms with van der Waals surface area (Å²) >= 11 is 0. The van der Waals surface area contributed by atoms with Crippen LogP contribution < -0.4 is 0 Å². The molecule has 7 heteroatoms. The van der Waals surface area contributed by atoms with Gasteiger partial charge in [-0.25, -0.2) is 9.59 Å². The predicted octanol–water partition coefficient (Wildman–Crippen LogP) is 3.64. The van der Waals surface area contributed by atoms with Gasteiger partial charge in [0.2, 0.25) is 0 Å². The maximum absolute atomic E-state index is 11.4. The Hall–Kier alpha value is -0.926. The molecule has 0 saturated heterocycles. The van der Waals surface area contributed by atoms with Gasteiger partial charge in [-0.05, 0) is 50.6 Å². The fourth-order valence-corrected chi connectivity index (χ4v) is 12.2. The number of ether oxygens (including phenoxy) is 1. The molecule has 0 aromatic carbocycles. The second kappa shape index (κ2) is 8.64. The summed E-state index contributed by atoms with van der Waals surface area (Å²) in [6.07, 6.45) is 2.47. The van der Waals surface area contributed by atoms with Crippen LogP contribution in [0.5, 0.6) is 0 Å². The molecule has 0 bridgehead atoms. The van der Waals surface area contributed by atoms with Gasteiger partial charge in [0, 0.05) is 12.2 Å². The van der Waals surface area contributed by atoms with Crippen molar-refractivity contribution in [3.8, 4) is 0 Å². The standard InChI is InChI=1S/C15H30O5Si2/c1-12(2)13(22(6,7)20-21(3,4)5)10-11-19-15(18)9-8-14(16)17/h8-9,12-13H,10-11H2,1-7H3,(H,16,17)/b9-8+. The zero-order valence-electron chi connectivity index (χ0n) is 14.8. The van der Waals surface area contributed by atoms with Gasteiger partial charge in [0.15, 0.2) is 16.6 Å². The van der Waals surface area contributed by atoms with Crippen molar-refractivity contribution >= 4 is 28.6 Å². The maximum Gasteiger partial charge on any atom is 0.331 e. The Bertz CT molecular complexity index is 411. The van der Waals surface area contributed by atoms with Crippen LogP contribution in [0, 0.1) is 5.92 Å². The maximum atomic E-state index is 11.4. The summed E-state index contributed by atoms with van der Waals surface area (Å²) in [6, 6.07) is 0. The highest BCUT2D eigenvalue weighted by atomic mass is 28.4. The van der Waals surface area contributed by atoms with Crippen LogP contribution in [0.2, 0.25) is 38.3 Å². The summed E-state index contributed by atoms with van der Waals surface area (Å²) < 4.78 is 11.5. The van der Waals surface area contributed by atoms with Crippen molar-refractivity contribution in [1.82, 2.24) is 0 Å². The Morgan fingerprint density at radius 3 is 2.05 bits per heavy atom. The Labute approximate surface area is 136 Å². The minimum atomic E-state index is -1.88. The fourth-order valence-electron chi connectivity index (χ4n) is 2.82. The molecule has 128 valence electrons. The van der Waals surface area contributed by atoms with E-state index in [9.17, 15) is 9.59 Å². The van der Waals surface area contributed by atoms with E-state index in [-0.39, 0.29) is 6.61 Å². The highest BCUT2D eigenvalue weighted by Crippen LogP contribution is 2.35. The van der Waals surface area contributed by atoms with Crippen LogP contribution in [0.1, 0.15) is 20.3 Å². The lowest BCUT2D eigenvalue weighted by Gasteiger charge is -2.39. The van der Waals surface area contributed by atoms with Crippen molar-refractivity contribution in [3.63, 3.8) is 0 Å². The van der Waals surface area contributed by atoms with E-state index in [1.165, 1.54) is 0 Å². The fraction of sp³-hybridized carbons (Fsp3) is 0.733. The molecule has 1 atom stereocenters. The lowest BCUT2D eigenvalue weighted by atomic mass is 10.1. The zero-order chi connectivity index (χ0) is 17.6. The molecule has 5 nitrogen and oxygen atoms in total. The van der Waals surface area contributed by atoms with Crippen molar-refractivity contribution in [1.29, 1.82) is 0 Å². The third kappa shape index (κ3) is 9.16. The first-order valence-corrected chi connectivity index (χ1v) is 14.0. The molecule has 0 aliphatic carbocycles. The molecule has 0 saturated carbocycles. The summed E-state index contributed by atoms with van der Waals surface area (Å²) in [7, 11) is -3.49. The van der Waals surface area contributed by atoms with Crippen LogP contribution in [0.25, 0.3) is 0 Å². The van der Waals surface area contributed by atoms with Gasteiger partial charge >= 0.3 is 11.9 Å². The number of carbonyl (C=O) groups excluding carboxylic acids is 1. The van der Waals surface area contributed by atoms with E-state index in [4.69, 9.17) is 14.0 Å². The van der Waals surface area contributed by atoms with Gasteiger partial charge in [0.05, 0.1) is 6.61 Å². The van der Waals surface area contributed by atoms with E-state index >= 15 is 0 Å². The van der Waals surface area contributed by atoms with Gasteiger partial charge in [-0.15, -0.1) is 0 Å². The van der Waals surface area contributed by atoms with Crippen LogP contribution in [-0.2, 0) is 18.4 Å². The first-order valence-electron chi connectivity index (χ1n) is 7.63. The first-order chi connectivity index (χ1) is 9.85. The van der Waals surface area contributed by atoms with Crippen LogP contribution in [0.3, 0.4) is 0 Å². The van der Waals surface area contributed by atoms with Gasteiger partial charge in [-0.1, -0.05) is 13.8 Å². The van der Waals surface area contributed by atoms with E-state index in [0.29, 0.717) is 11.5 Å². The zero-order valence-corrected chi connectivity index (χ0v) is 16.8. The molecule has 22 heavy (non-hydrogen) atoms. The summed E-state index contributed by atoms with van der Waals surface area (Å²) in [5.74, 6) is -1.32. The van der Waals surface area contributed by atoms with E-state index in [1.807, 2.05) is 0 Å². The van der Waals surface area contributed by atoms with Crippen molar-refractivity contribution in [3.05, 3.63) is 12.2 Å².